The van der Waals surface area contributed by atoms with Crippen molar-refractivity contribution in [2.75, 3.05) is 26.8 Å². The zero-order chi connectivity index (χ0) is 11.5. The summed E-state index contributed by atoms with van der Waals surface area (Å²) in [4.78, 5) is 0. The third-order valence-corrected chi connectivity index (χ3v) is 4.79. The van der Waals surface area contributed by atoms with Gasteiger partial charge in [0, 0.05) is 20.2 Å². The lowest BCUT2D eigenvalue weighted by Crippen LogP contribution is -2.39. The molecule has 0 aromatic rings. The fourth-order valence-electron chi connectivity index (χ4n) is 1.54. The standard InChI is InChI=1S/C10H19NO3S/c1-9(2)15(12,13)11-6-4-10(5-7-11)8-14-3/h4,9H,5-8H2,1-3H3. The molecule has 0 spiro atoms. The van der Waals surface area contributed by atoms with Crippen molar-refractivity contribution in [3.63, 3.8) is 0 Å². The minimum Gasteiger partial charge on any atom is -0.380 e. The van der Waals surface area contributed by atoms with Gasteiger partial charge in [-0.2, -0.15) is 4.31 Å². The van der Waals surface area contributed by atoms with Gasteiger partial charge in [-0.05, 0) is 25.8 Å². The number of rotatable bonds is 4. The zero-order valence-electron chi connectivity index (χ0n) is 9.56. The van der Waals surface area contributed by atoms with Crippen molar-refractivity contribution < 1.29 is 13.2 Å². The quantitative estimate of drug-likeness (QED) is 0.681. The molecule has 4 nitrogen and oxygen atoms in total. The summed E-state index contributed by atoms with van der Waals surface area (Å²) < 4.78 is 30.2. The summed E-state index contributed by atoms with van der Waals surface area (Å²) >= 11 is 0. The molecule has 0 aliphatic carbocycles. The molecule has 0 bridgehead atoms. The summed E-state index contributed by atoms with van der Waals surface area (Å²) in [6, 6.07) is 0. The van der Waals surface area contributed by atoms with Gasteiger partial charge in [0.15, 0.2) is 0 Å². The number of methoxy groups -OCH3 is 1. The van der Waals surface area contributed by atoms with E-state index in [9.17, 15) is 8.42 Å². The normalized spacial score (nSPS) is 19.3. The maximum atomic E-state index is 11.8. The molecular formula is C10H19NO3S. The van der Waals surface area contributed by atoms with Gasteiger partial charge in [0.25, 0.3) is 0 Å². The minimum absolute atomic E-state index is 0.338. The largest absolute Gasteiger partial charge is 0.380 e. The van der Waals surface area contributed by atoms with Gasteiger partial charge in [-0.15, -0.1) is 0 Å². The van der Waals surface area contributed by atoms with Crippen LogP contribution in [0.4, 0.5) is 0 Å². The predicted octanol–water partition coefficient (Wildman–Crippen LogP) is 1.00. The fourth-order valence-corrected chi connectivity index (χ4v) is 2.76. The van der Waals surface area contributed by atoms with Crippen LogP contribution in [0.15, 0.2) is 11.6 Å². The summed E-state index contributed by atoms with van der Waals surface area (Å²) in [7, 11) is -1.44. The van der Waals surface area contributed by atoms with Crippen molar-refractivity contribution in [2.45, 2.75) is 25.5 Å². The fraction of sp³-hybridized carbons (Fsp3) is 0.800. The van der Waals surface area contributed by atoms with Gasteiger partial charge in [0.05, 0.1) is 11.9 Å². The van der Waals surface area contributed by atoms with Gasteiger partial charge in [-0.3, -0.25) is 0 Å². The topological polar surface area (TPSA) is 46.6 Å². The van der Waals surface area contributed by atoms with Crippen LogP contribution in [-0.4, -0.2) is 44.8 Å². The van der Waals surface area contributed by atoms with Crippen LogP contribution >= 0.6 is 0 Å². The maximum absolute atomic E-state index is 11.8. The molecule has 1 heterocycles. The van der Waals surface area contributed by atoms with Crippen molar-refractivity contribution in [2.24, 2.45) is 0 Å². The van der Waals surface area contributed by atoms with Gasteiger partial charge in [0.2, 0.25) is 10.0 Å². The zero-order valence-corrected chi connectivity index (χ0v) is 10.4. The molecule has 1 rings (SSSR count). The van der Waals surface area contributed by atoms with E-state index in [1.54, 1.807) is 21.0 Å². The molecule has 88 valence electrons. The molecular weight excluding hydrogens is 214 g/mol. The van der Waals surface area contributed by atoms with Crippen molar-refractivity contribution in [3.05, 3.63) is 11.6 Å². The first-order valence-corrected chi connectivity index (χ1v) is 6.64. The van der Waals surface area contributed by atoms with E-state index in [4.69, 9.17) is 4.74 Å². The average molecular weight is 233 g/mol. The third-order valence-electron chi connectivity index (χ3n) is 2.55. The summed E-state index contributed by atoms with van der Waals surface area (Å²) in [6.07, 6.45) is 2.73. The lowest BCUT2D eigenvalue weighted by Gasteiger charge is -2.27. The molecule has 15 heavy (non-hydrogen) atoms. The maximum Gasteiger partial charge on any atom is 0.216 e. The van der Waals surface area contributed by atoms with Gasteiger partial charge >= 0.3 is 0 Å². The molecule has 0 unspecified atom stereocenters. The lowest BCUT2D eigenvalue weighted by atomic mass is 10.1. The van der Waals surface area contributed by atoms with Crippen LogP contribution in [0, 0.1) is 0 Å². The van der Waals surface area contributed by atoms with E-state index in [0.717, 1.165) is 6.42 Å². The van der Waals surface area contributed by atoms with E-state index in [-0.39, 0.29) is 5.25 Å². The Hall–Kier alpha value is -0.390. The van der Waals surface area contributed by atoms with Crippen LogP contribution in [-0.2, 0) is 14.8 Å². The average Bonchev–Trinajstić information content (AvgIpc) is 2.19. The first kappa shape index (κ1) is 12.7. The molecule has 0 N–H and O–H groups in total. The van der Waals surface area contributed by atoms with Crippen LogP contribution < -0.4 is 0 Å². The highest BCUT2D eigenvalue weighted by Crippen LogP contribution is 2.16. The molecule has 0 radical (unpaired) electrons. The van der Waals surface area contributed by atoms with E-state index < -0.39 is 10.0 Å². The molecule has 5 heteroatoms. The molecule has 0 aromatic heterocycles. The van der Waals surface area contributed by atoms with Gasteiger partial charge in [-0.25, -0.2) is 8.42 Å². The monoisotopic (exact) mass is 233 g/mol. The smallest absolute Gasteiger partial charge is 0.216 e. The van der Waals surface area contributed by atoms with Gasteiger partial charge in [-0.1, -0.05) is 6.08 Å². The second-order valence-electron chi connectivity index (χ2n) is 4.00. The molecule has 0 saturated carbocycles. The number of hydrogen-bond donors (Lipinski definition) is 0. The van der Waals surface area contributed by atoms with Crippen molar-refractivity contribution in [3.8, 4) is 0 Å². The Labute approximate surface area is 92.0 Å². The Morgan fingerprint density at radius 3 is 2.60 bits per heavy atom. The van der Waals surface area contributed by atoms with Crippen LogP contribution in [0.5, 0.6) is 0 Å². The molecule has 0 atom stereocenters. The Bertz CT molecular complexity index is 333. The Morgan fingerprint density at radius 1 is 1.53 bits per heavy atom. The van der Waals surface area contributed by atoms with Crippen molar-refractivity contribution in [1.82, 2.24) is 4.31 Å². The van der Waals surface area contributed by atoms with Gasteiger partial charge < -0.3 is 4.74 Å². The van der Waals surface area contributed by atoms with E-state index >= 15 is 0 Å². The highest BCUT2D eigenvalue weighted by Gasteiger charge is 2.26. The van der Waals surface area contributed by atoms with Gasteiger partial charge in [0.1, 0.15) is 0 Å². The molecule has 0 fully saturated rings. The first-order valence-electron chi connectivity index (χ1n) is 5.14. The summed E-state index contributed by atoms with van der Waals surface area (Å²) in [5.74, 6) is 0. The second-order valence-corrected chi connectivity index (χ2v) is 6.49. The third kappa shape index (κ3) is 3.03. The number of hydrogen-bond acceptors (Lipinski definition) is 3. The Kier molecular flexibility index (Phi) is 4.31. The van der Waals surface area contributed by atoms with Crippen LogP contribution in [0.2, 0.25) is 0 Å². The lowest BCUT2D eigenvalue weighted by molar-refractivity contribution is 0.219. The highest BCUT2D eigenvalue weighted by molar-refractivity contribution is 7.89. The molecule has 1 aliphatic rings. The Morgan fingerprint density at radius 2 is 2.20 bits per heavy atom. The van der Waals surface area contributed by atoms with Crippen LogP contribution in [0.1, 0.15) is 20.3 Å². The molecule has 0 aromatic carbocycles. The van der Waals surface area contributed by atoms with E-state index in [2.05, 4.69) is 0 Å². The number of ether oxygens (including phenoxy) is 1. The molecule has 0 amide bonds. The second kappa shape index (κ2) is 5.09. The summed E-state index contributed by atoms with van der Waals surface area (Å²) in [6.45, 7) is 5.10. The minimum atomic E-state index is -3.09. The number of sulfonamides is 1. The van der Waals surface area contributed by atoms with Crippen molar-refractivity contribution in [1.29, 1.82) is 0 Å². The summed E-state index contributed by atoms with van der Waals surface area (Å²) in [5, 5.41) is -0.338. The van der Waals surface area contributed by atoms with E-state index in [1.807, 2.05) is 6.08 Å². The van der Waals surface area contributed by atoms with Crippen molar-refractivity contribution >= 4 is 10.0 Å². The summed E-state index contributed by atoms with van der Waals surface area (Å²) in [5.41, 5.74) is 1.19. The SMILES string of the molecule is COCC1=CCN(S(=O)(=O)C(C)C)CC1. The Balaban J connectivity index is 2.65. The van der Waals surface area contributed by atoms with E-state index in [0.29, 0.717) is 19.7 Å². The molecule has 0 saturated heterocycles. The molecule has 1 aliphatic heterocycles. The van der Waals surface area contributed by atoms with Crippen LogP contribution in [0.25, 0.3) is 0 Å². The predicted molar refractivity (Wildman–Crippen MR) is 60.2 cm³/mol. The first-order chi connectivity index (χ1) is 6.98. The van der Waals surface area contributed by atoms with Crippen LogP contribution in [0.3, 0.4) is 0 Å². The number of nitrogens with zero attached hydrogens (tertiary/aromatic N) is 1. The van der Waals surface area contributed by atoms with E-state index in [1.165, 1.54) is 9.88 Å². The highest BCUT2D eigenvalue weighted by atomic mass is 32.2.